The zero-order chi connectivity index (χ0) is 29.2. The number of rotatable bonds is 6. The van der Waals surface area contributed by atoms with Gasteiger partial charge in [0.2, 0.25) is 11.8 Å². The first-order chi connectivity index (χ1) is 18.7. The molecule has 40 heavy (non-hydrogen) atoms. The highest BCUT2D eigenvalue weighted by atomic mass is 32.1. The van der Waals surface area contributed by atoms with Gasteiger partial charge >= 0.3 is 12.3 Å². The van der Waals surface area contributed by atoms with Crippen molar-refractivity contribution >= 4 is 29.2 Å². The molecule has 2 aliphatic rings. The molecular formula is C28H35F3N4O4S. The quantitative estimate of drug-likeness (QED) is 0.504. The third-order valence-electron chi connectivity index (χ3n) is 6.86. The fourth-order valence-corrected chi connectivity index (χ4v) is 5.92. The van der Waals surface area contributed by atoms with Gasteiger partial charge in [-0.1, -0.05) is 19.1 Å². The number of nitrogens with zero attached hydrogens (tertiary/aromatic N) is 3. The van der Waals surface area contributed by atoms with Crippen LogP contribution in [0.4, 0.5) is 18.0 Å². The molecule has 2 aliphatic heterocycles. The third kappa shape index (κ3) is 7.74. The molecule has 3 heterocycles. The summed E-state index contributed by atoms with van der Waals surface area (Å²) in [5.74, 6) is 0.148. The van der Waals surface area contributed by atoms with Gasteiger partial charge in [0.25, 0.3) is 0 Å². The zero-order valence-electron chi connectivity index (χ0n) is 23.1. The number of amides is 3. The van der Waals surface area contributed by atoms with Crippen molar-refractivity contribution in [3.63, 3.8) is 0 Å². The number of nitrogens with one attached hydrogen (secondary N) is 1. The maximum absolute atomic E-state index is 13.4. The first kappa shape index (κ1) is 29.8. The second kappa shape index (κ2) is 11.8. The molecule has 0 spiro atoms. The first-order valence-electron chi connectivity index (χ1n) is 13.4. The van der Waals surface area contributed by atoms with Gasteiger partial charge < -0.3 is 19.9 Å². The average Bonchev–Trinajstić information content (AvgIpc) is 3.28. The Hall–Kier alpha value is -3.15. The molecule has 0 aliphatic carbocycles. The Bertz CT molecular complexity index is 1240. The molecule has 1 aromatic heterocycles. The number of thiazole rings is 1. The summed E-state index contributed by atoms with van der Waals surface area (Å²) in [6.07, 6.45) is -3.24. The van der Waals surface area contributed by atoms with Crippen LogP contribution in [-0.2, 0) is 33.5 Å². The highest BCUT2D eigenvalue weighted by Crippen LogP contribution is 2.34. The van der Waals surface area contributed by atoms with Gasteiger partial charge in [-0.05, 0) is 45.2 Å². The molecule has 3 amide bonds. The number of ether oxygens (including phenoxy) is 1. The van der Waals surface area contributed by atoms with E-state index < -0.39 is 29.5 Å². The van der Waals surface area contributed by atoms with Crippen LogP contribution >= 0.6 is 11.3 Å². The molecule has 0 saturated carbocycles. The van der Waals surface area contributed by atoms with Gasteiger partial charge in [-0.25, -0.2) is 9.78 Å². The Morgan fingerprint density at radius 2 is 1.88 bits per heavy atom. The zero-order valence-corrected chi connectivity index (χ0v) is 24.0. The van der Waals surface area contributed by atoms with Crippen LogP contribution in [0, 0.1) is 5.92 Å². The van der Waals surface area contributed by atoms with Crippen LogP contribution in [0.3, 0.4) is 0 Å². The molecule has 2 aromatic rings. The van der Waals surface area contributed by atoms with E-state index in [1.54, 1.807) is 30.6 Å². The minimum Gasteiger partial charge on any atom is -0.444 e. The Balaban J connectivity index is 1.44. The van der Waals surface area contributed by atoms with Gasteiger partial charge in [0.05, 0.1) is 23.8 Å². The number of aromatic nitrogens is 1. The third-order valence-corrected chi connectivity index (χ3v) is 8.06. The number of likely N-dealkylation sites (tertiary alicyclic amines) is 1. The fraction of sp³-hybridized carbons (Fsp3) is 0.571. The van der Waals surface area contributed by atoms with Gasteiger partial charge in [0.15, 0.2) is 0 Å². The maximum Gasteiger partial charge on any atom is 0.416 e. The highest BCUT2D eigenvalue weighted by molar-refractivity contribution is 7.15. The lowest BCUT2D eigenvalue weighted by molar-refractivity contribution is -0.137. The van der Waals surface area contributed by atoms with Gasteiger partial charge in [-0.2, -0.15) is 13.2 Å². The Morgan fingerprint density at radius 3 is 2.52 bits per heavy atom. The topological polar surface area (TPSA) is 91.8 Å². The second-order valence-electron chi connectivity index (χ2n) is 11.5. The average molecular weight is 581 g/mol. The molecule has 8 nitrogen and oxygen atoms in total. The summed E-state index contributed by atoms with van der Waals surface area (Å²) in [6, 6.07) is 4.27. The van der Waals surface area contributed by atoms with E-state index in [2.05, 4.69) is 17.2 Å². The van der Waals surface area contributed by atoms with E-state index in [1.807, 2.05) is 0 Å². The Morgan fingerprint density at radius 1 is 1.18 bits per heavy atom. The van der Waals surface area contributed by atoms with E-state index in [0.717, 1.165) is 29.1 Å². The van der Waals surface area contributed by atoms with Crippen LogP contribution in [-0.4, -0.2) is 64.0 Å². The lowest BCUT2D eigenvalue weighted by atomic mass is 9.98. The monoisotopic (exact) mass is 580 g/mol. The van der Waals surface area contributed by atoms with Crippen LogP contribution in [0.5, 0.6) is 0 Å². The van der Waals surface area contributed by atoms with Crippen molar-refractivity contribution in [1.29, 1.82) is 0 Å². The van der Waals surface area contributed by atoms with E-state index in [0.29, 0.717) is 42.4 Å². The fourth-order valence-electron chi connectivity index (χ4n) is 4.85. The number of benzene rings is 1. The number of alkyl halides is 3. The van der Waals surface area contributed by atoms with Crippen molar-refractivity contribution in [2.24, 2.45) is 5.92 Å². The standard InChI is InChI=1S/C28H35F3N4O4S/c1-17-5-10-23(36)35(14-17)15-20(32-26(38)39-27(2,3)4)13-24(37)34-12-11-22-21(16-34)33-25(40-22)18-6-8-19(9-7-18)28(29,30)31/h6-9,17,20H,5,10-16H2,1-4H3,(H,32,38)/t17-,20+/m1/s1. The van der Waals surface area contributed by atoms with Gasteiger partial charge in [-0.3, -0.25) is 9.59 Å². The summed E-state index contributed by atoms with van der Waals surface area (Å²) >= 11 is 1.42. The van der Waals surface area contributed by atoms with Crippen LogP contribution < -0.4 is 5.32 Å². The van der Waals surface area contributed by atoms with E-state index in [1.165, 1.54) is 23.5 Å². The van der Waals surface area contributed by atoms with E-state index in [9.17, 15) is 27.6 Å². The number of carbonyl (C=O) groups excluding carboxylic acids is 3. The van der Waals surface area contributed by atoms with Crippen molar-refractivity contribution < 1.29 is 32.3 Å². The predicted molar refractivity (Wildman–Crippen MR) is 144 cm³/mol. The number of alkyl carbamates (subject to hydrolysis) is 1. The Labute approximate surface area is 235 Å². The highest BCUT2D eigenvalue weighted by Gasteiger charge is 2.32. The summed E-state index contributed by atoms with van der Waals surface area (Å²) in [7, 11) is 0. The number of halogens is 3. The van der Waals surface area contributed by atoms with E-state index in [4.69, 9.17) is 4.74 Å². The number of piperidine rings is 1. The normalized spacial score (nSPS) is 18.8. The lowest BCUT2D eigenvalue weighted by Crippen LogP contribution is -2.51. The molecule has 1 aromatic carbocycles. The molecular weight excluding hydrogens is 545 g/mol. The molecule has 12 heteroatoms. The molecule has 1 saturated heterocycles. The van der Waals surface area contributed by atoms with Crippen molar-refractivity contribution in [1.82, 2.24) is 20.1 Å². The van der Waals surface area contributed by atoms with Gasteiger partial charge in [0.1, 0.15) is 10.6 Å². The molecule has 2 atom stereocenters. The molecule has 1 fully saturated rings. The molecule has 218 valence electrons. The van der Waals surface area contributed by atoms with E-state index >= 15 is 0 Å². The first-order valence-corrected chi connectivity index (χ1v) is 14.2. The summed E-state index contributed by atoms with van der Waals surface area (Å²) in [5.41, 5.74) is -0.125. The largest absolute Gasteiger partial charge is 0.444 e. The predicted octanol–water partition coefficient (Wildman–Crippen LogP) is 5.26. The maximum atomic E-state index is 13.4. The molecule has 0 unspecified atom stereocenters. The van der Waals surface area contributed by atoms with Crippen LogP contribution in [0.15, 0.2) is 24.3 Å². The SMILES string of the molecule is C[C@@H]1CCC(=O)N(C[C@H](CC(=O)N2CCc3sc(-c4ccc(C(F)(F)F)cc4)nc3C2)NC(=O)OC(C)(C)C)C1. The van der Waals surface area contributed by atoms with Crippen molar-refractivity contribution in [2.45, 2.75) is 77.7 Å². The summed E-state index contributed by atoms with van der Waals surface area (Å²) in [4.78, 5) is 47.5. The lowest BCUT2D eigenvalue weighted by Gasteiger charge is -2.35. The minimum atomic E-state index is -4.41. The van der Waals surface area contributed by atoms with Crippen molar-refractivity contribution in [3.8, 4) is 10.6 Å². The van der Waals surface area contributed by atoms with Gasteiger partial charge in [0, 0.05) is 49.3 Å². The number of hydrogen-bond donors (Lipinski definition) is 1. The van der Waals surface area contributed by atoms with Gasteiger partial charge in [-0.15, -0.1) is 11.3 Å². The smallest absolute Gasteiger partial charge is 0.416 e. The molecule has 0 radical (unpaired) electrons. The molecule has 0 bridgehead atoms. The summed E-state index contributed by atoms with van der Waals surface area (Å²) in [6.45, 7) is 8.82. The second-order valence-corrected chi connectivity index (χ2v) is 12.6. The summed E-state index contributed by atoms with van der Waals surface area (Å²) in [5, 5.41) is 3.40. The summed E-state index contributed by atoms with van der Waals surface area (Å²) < 4.78 is 44.2. The Kier molecular flexibility index (Phi) is 8.77. The number of fused-ring (bicyclic) bond motifs is 1. The minimum absolute atomic E-state index is 0.00224. The molecule has 1 N–H and O–H groups in total. The van der Waals surface area contributed by atoms with Crippen LogP contribution in [0.25, 0.3) is 10.6 Å². The van der Waals surface area contributed by atoms with Crippen molar-refractivity contribution in [2.75, 3.05) is 19.6 Å². The van der Waals surface area contributed by atoms with Crippen LogP contribution in [0.1, 0.15) is 63.1 Å². The van der Waals surface area contributed by atoms with Crippen LogP contribution in [0.2, 0.25) is 0 Å². The number of carbonyl (C=O) groups is 3. The van der Waals surface area contributed by atoms with E-state index in [-0.39, 0.29) is 31.3 Å². The molecule has 4 rings (SSSR count). The van der Waals surface area contributed by atoms with Crippen molar-refractivity contribution in [3.05, 3.63) is 40.4 Å². The number of hydrogen-bond acceptors (Lipinski definition) is 6.